The van der Waals surface area contributed by atoms with Crippen molar-refractivity contribution in [2.75, 3.05) is 11.5 Å². The third kappa shape index (κ3) is 2.25. The molecule has 11 heteroatoms. The molecule has 10 nitrogen and oxygen atoms in total. The lowest BCUT2D eigenvalue weighted by molar-refractivity contribution is -0.384. The van der Waals surface area contributed by atoms with Crippen LogP contribution in [0.1, 0.15) is 0 Å². The molecular weight excluding hydrogens is 326 g/mol. The van der Waals surface area contributed by atoms with Gasteiger partial charge in [-0.3, -0.25) is 14.7 Å². The molecule has 0 fully saturated rings. The van der Waals surface area contributed by atoms with Gasteiger partial charge in [-0.25, -0.2) is 14.3 Å². The summed E-state index contributed by atoms with van der Waals surface area (Å²) in [6, 6.07) is 5.32. The zero-order valence-corrected chi connectivity index (χ0v) is 12.3. The number of nitrogens with zero attached hydrogens (tertiary/aromatic N) is 5. The summed E-state index contributed by atoms with van der Waals surface area (Å²) in [6.45, 7) is 0. The van der Waals surface area contributed by atoms with Crippen LogP contribution in [0.15, 0.2) is 29.1 Å². The lowest BCUT2D eigenvalue weighted by atomic mass is 10.3. The number of nitro benzene ring substituents is 1. The van der Waals surface area contributed by atoms with E-state index in [1.807, 2.05) is 0 Å². The van der Waals surface area contributed by atoms with E-state index >= 15 is 0 Å². The molecule has 3 aromatic rings. The van der Waals surface area contributed by atoms with Crippen LogP contribution in [0.4, 0.5) is 17.5 Å². The van der Waals surface area contributed by atoms with E-state index in [0.717, 1.165) is 0 Å². The molecule has 23 heavy (non-hydrogen) atoms. The van der Waals surface area contributed by atoms with Gasteiger partial charge in [0.2, 0.25) is 5.95 Å². The molecule has 118 valence electrons. The molecule has 4 N–H and O–H groups in total. The Hall–Kier alpha value is -3.14. The fraction of sp³-hybridized carbons (Fsp3) is 0.0833. The summed E-state index contributed by atoms with van der Waals surface area (Å²) in [4.78, 5) is 30.2. The number of nitrogens with two attached hydrogens (primary N) is 2. The third-order valence-electron chi connectivity index (χ3n) is 3.27. The van der Waals surface area contributed by atoms with E-state index in [9.17, 15) is 14.9 Å². The number of nitrogen functional groups attached to an aromatic ring is 2. The van der Waals surface area contributed by atoms with Crippen LogP contribution in [0.3, 0.4) is 0 Å². The number of fused-ring (bicyclic) bond motifs is 1. The second kappa shape index (κ2) is 5.25. The largest absolute Gasteiger partial charge is 0.382 e. The van der Waals surface area contributed by atoms with E-state index < -0.39 is 10.6 Å². The van der Waals surface area contributed by atoms with Crippen molar-refractivity contribution in [2.45, 2.75) is 6.00 Å². The number of anilines is 2. The Morgan fingerprint density at radius 2 is 1.87 bits per heavy atom. The van der Waals surface area contributed by atoms with Crippen LogP contribution in [0.2, 0.25) is 0 Å². The number of aromatic nitrogens is 4. The Bertz CT molecular complexity index is 977. The summed E-state index contributed by atoms with van der Waals surface area (Å²) in [7, 11) is 0. The van der Waals surface area contributed by atoms with Crippen LogP contribution in [-0.4, -0.2) is 24.0 Å². The Kier molecular flexibility index (Phi) is 3.37. The van der Waals surface area contributed by atoms with E-state index in [4.69, 9.17) is 23.1 Å². The number of halogens is 1. The standard InChI is InChI=1S/C12H10ClN7O3/c13-5-18-10-8(16-11(18)15)9(14)17-12(21)19(10)6-1-3-7(4-2-6)20(22)23/h1-4H,5H2,(H2,15,16)(H2,14,17,21). The Labute approximate surface area is 133 Å². The fourth-order valence-corrected chi connectivity index (χ4v) is 2.47. The van der Waals surface area contributed by atoms with Crippen LogP contribution >= 0.6 is 11.6 Å². The van der Waals surface area contributed by atoms with Gasteiger partial charge >= 0.3 is 5.69 Å². The molecule has 0 aliphatic rings. The maximum Gasteiger partial charge on any atom is 0.355 e. The maximum atomic E-state index is 12.3. The van der Waals surface area contributed by atoms with E-state index in [-0.39, 0.29) is 34.6 Å². The quantitative estimate of drug-likeness (QED) is 0.409. The lowest BCUT2D eigenvalue weighted by Crippen LogP contribution is -2.24. The molecule has 0 saturated carbocycles. The minimum atomic E-state index is -0.671. The van der Waals surface area contributed by atoms with E-state index in [0.29, 0.717) is 5.69 Å². The molecule has 0 aliphatic carbocycles. The molecule has 0 bridgehead atoms. The van der Waals surface area contributed by atoms with Gasteiger partial charge in [0.15, 0.2) is 17.0 Å². The molecular formula is C12H10ClN7O3. The average molecular weight is 336 g/mol. The third-order valence-corrected chi connectivity index (χ3v) is 3.51. The highest BCUT2D eigenvalue weighted by Gasteiger charge is 2.19. The van der Waals surface area contributed by atoms with E-state index in [2.05, 4.69) is 9.97 Å². The average Bonchev–Trinajstić information content (AvgIpc) is 2.84. The summed E-state index contributed by atoms with van der Waals surface area (Å²) >= 11 is 5.86. The van der Waals surface area contributed by atoms with Crippen molar-refractivity contribution in [2.24, 2.45) is 0 Å². The molecule has 0 aliphatic heterocycles. The number of hydrogen-bond acceptors (Lipinski definition) is 7. The van der Waals surface area contributed by atoms with Crippen molar-refractivity contribution in [1.82, 2.24) is 19.1 Å². The Morgan fingerprint density at radius 1 is 1.22 bits per heavy atom. The monoisotopic (exact) mass is 335 g/mol. The van der Waals surface area contributed by atoms with Crippen LogP contribution in [-0.2, 0) is 6.00 Å². The molecule has 1 aromatic carbocycles. The number of alkyl halides is 1. The van der Waals surface area contributed by atoms with Crippen molar-refractivity contribution in [3.8, 4) is 5.69 Å². The van der Waals surface area contributed by atoms with E-state index in [1.54, 1.807) is 0 Å². The van der Waals surface area contributed by atoms with Crippen LogP contribution in [0, 0.1) is 10.1 Å². The minimum absolute atomic E-state index is 0.0573. The minimum Gasteiger partial charge on any atom is -0.382 e. The highest BCUT2D eigenvalue weighted by molar-refractivity contribution is 6.16. The van der Waals surface area contributed by atoms with Gasteiger partial charge in [-0.15, -0.1) is 11.6 Å². The van der Waals surface area contributed by atoms with Gasteiger partial charge in [0.1, 0.15) is 6.00 Å². The smallest absolute Gasteiger partial charge is 0.355 e. The molecule has 0 amide bonds. The van der Waals surface area contributed by atoms with Gasteiger partial charge in [-0.2, -0.15) is 4.98 Å². The summed E-state index contributed by atoms with van der Waals surface area (Å²) in [5.41, 5.74) is 11.6. The SMILES string of the molecule is Nc1nc(=O)n(-c2ccc([N+](=O)[O-])cc2)c2c1nc(N)n2CCl. The molecule has 0 unspecified atom stereocenters. The molecule has 0 saturated heterocycles. The fourth-order valence-electron chi connectivity index (χ4n) is 2.23. The number of rotatable bonds is 3. The first-order valence-corrected chi connectivity index (χ1v) is 6.82. The zero-order valence-electron chi connectivity index (χ0n) is 11.5. The molecule has 0 spiro atoms. The molecule has 0 atom stereocenters. The first-order chi connectivity index (χ1) is 10.9. The first-order valence-electron chi connectivity index (χ1n) is 6.29. The molecule has 0 radical (unpaired) electrons. The van der Waals surface area contributed by atoms with Crippen LogP contribution < -0.4 is 17.2 Å². The van der Waals surface area contributed by atoms with Gasteiger partial charge in [0.05, 0.1) is 10.6 Å². The Morgan fingerprint density at radius 3 is 2.43 bits per heavy atom. The van der Waals surface area contributed by atoms with Crippen molar-refractivity contribution in [1.29, 1.82) is 0 Å². The van der Waals surface area contributed by atoms with Gasteiger partial charge in [-0.05, 0) is 12.1 Å². The van der Waals surface area contributed by atoms with Crippen molar-refractivity contribution < 1.29 is 4.92 Å². The van der Waals surface area contributed by atoms with Gasteiger partial charge in [-0.1, -0.05) is 0 Å². The summed E-state index contributed by atoms with van der Waals surface area (Å²) in [5.74, 6) is 0.00323. The van der Waals surface area contributed by atoms with Gasteiger partial charge < -0.3 is 11.5 Å². The summed E-state index contributed by atoms with van der Waals surface area (Å²) < 4.78 is 2.58. The van der Waals surface area contributed by atoms with Gasteiger partial charge in [0.25, 0.3) is 5.69 Å². The number of hydrogen-bond donors (Lipinski definition) is 2. The Balaban J connectivity index is 2.36. The normalized spacial score (nSPS) is 11.0. The maximum absolute atomic E-state index is 12.3. The topological polar surface area (TPSA) is 148 Å². The molecule has 2 aromatic heterocycles. The van der Waals surface area contributed by atoms with Crippen LogP contribution in [0.5, 0.6) is 0 Å². The molecule has 3 rings (SSSR count). The number of non-ortho nitro benzene ring substituents is 1. The van der Waals surface area contributed by atoms with Crippen molar-refractivity contribution >= 4 is 40.2 Å². The predicted molar refractivity (Wildman–Crippen MR) is 84.5 cm³/mol. The highest BCUT2D eigenvalue weighted by atomic mass is 35.5. The number of benzene rings is 1. The molecule has 2 heterocycles. The highest BCUT2D eigenvalue weighted by Crippen LogP contribution is 2.24. The van der Waals surface area contributed by atoms with Gasteiger partial charge in [0, 0.05) is 12.1 Å². The summed E-state index contributed by atoms with van der Waals surface area (Å²) in [6.07, 6.45) is 0. The van der Waals surface area contributed by atoms with E-state index in [1.165, 1.54) is 33.4 Å². The number of nitro groups is 1. The number of imidazole rings is 1. The van der Waals surface area contributed by atoms with Crippen molar-refractivity contribution in [3.63, 3.8) is 0 Å². The summed E-state index contributed by atoms with van der Waals surface area (Å²) in [5, 5.41) is 10.7. The second-order valence-electron chi connectivity index (χ2n) is 4.58. The van der Waals surface area contributed by atoms with Crippen LogP contribution in [0.25, 0.3) is 16.9 Å². The lowest BCUT2D eigenvalue weighted by Gasteiger charge is -2.10. The zero-order chi connectivity index (χ0) is 16.7. The predicted octanol–water partition coefficient (Wildman–Crippen LogP) is 0.851. The second-order valence-corrected chi connectivity index (χ2v) is 4.82. The first kappa shape index (κ1) is 14.8. The van der Waals surface area contributed by atoms with Crippen molar-refractivity contribution in [3.05, 3.63) is 44.9 Å².